The first-order chi connectivity index (χ1) is 17.6. The predicted molar refractivity (Wildman–Crippen MR) is 137 cm³/mol. The van der Waals surface area contributed by atoms with E-state index in [9.17, 15) is 9.18 Å². The van der Waals surface area contributed by atoms with E-state index in [-0.39, 0.29) is 36.3 Å². The summed E-state index contributed by atoms with van der Waals surface area (Å²) >= 11 is 0. The van der Waals surface area contributed by atoms with Crippen LogP contribution in [0.5, 0.6) is 0 Å². The number of benzene rings is 3. The first kappa shape index (κ1) is 22.5. The smallest absolute Gasteiger partial charge is 0.410 e. The Kier molecular flexibility index (Phi) is 5.81. The van der Waals surface area contributed by atoms with E-state index in [1.54, 1.807) is 6.07 Å². The van der Waals surface area contributed by atoms with Gasteiger partial charge in [0, 0.05) is 17.5 Å². The number of hydrogen-bond acceptors (Lipinski definition) is 3. The molecule has 3 aromatic carbocycles. The number of amides is 1. The lowest BCUT2D eigenvalue weighted by atomic mass is 9.83. The minimum absolute atomic E-state index is 0.0342. The fourth-order valence-corrected chi connectivity index (χ4v) is 6.17. The normalized spacial score (nSPS) is 20.2. The molecule has 1 amide bonds. The molecule has 1 fully saturated rings. The van der Waals surface area contributed by atoms with Gasteiger partial charge in [-0.15, -0.1) is 0 Å². The number of nitrogens with zero attached hydrogens (tertiary/aromatic N) is 2. The Morgan fingerprint density at radius 1 is 1.03 bits per heavy atom. The number of carbonyl (C=O) groups is 1. The second-order valence-corrected chi connectivity index (χ2v) is 9.90. The number of fused-ring (bicyclic) bond motifs is 5. The lowest BCUT2D eigenvalue weighted by Gasteiger charge is -2.44. The van der Waals surface area contributed by atoms with Crippen LogP contribution < -0.4 is 0 Å². The van der Waals surface area contributed by atoms with Crippen LogP contribution in [-0.2, 0) is 11.2 Å². The molecule has 0 saturated carbocycles. The third kappa shape index (κ3) is 3.87. The van der Waals surface area contributed by atoms with Crippen LogP contribution in [0.4, 0.5) is 9.18 Å². The zero-order valence-corrected chi connectivity index (χ0v) is 20.0. The van der Waals surface area contributed by atoms with Gasteiger partial charge < -0.3 is 4.74 Å². The molecule has 5 heteroatoms. The second kappa shape index (κ2) is 9.28. The molecule has 3 aromatic rings. The van der Waals surface area contributed by atoms with Gasteiger partial charge in [-0.25, -0.2) is 9.18 Å². The Morgan fingerprint density at radius 2 is 1.75 bits per heavy atom. The van der Waals surface area contributed by atoms with Crippen LogP contribution in [0, 0.1) is 17.1 Å². The molecule has 0 N–H and O–H groups in total. The molecule has 6 rings (SSSR count). The van der Waals surface area contributed by atoms with Gasteiger partial charge in [0.2, 0.25) is 0 Å². The quantitative estimate of drug-likeness (QED) is 0.412. The van der Waals surface area contributed by atoms with Crippen molar-refractivity contribution in [1.29, 1.82) is 5.26 Å². The van der Waals surface area contributed by atoms with Crippen LogP contribution in [0.15, 0.2) is 72.8 Å². The molecule has 2 aliphatic heterocycles. The third-order valence-electron chi connectivity index (χ3n) is 7.88. The second-order valence-electron chi connectivity index (χ2n) is 9.90. The van der Waals surface area contributed by atoms with Crippen LogP contribution in [0.3, 0.4) is 0 Å². The number of halogens is 1. The fraction of sp³-hybridized carbons (Fsp3) is 0.290. The number of hydrogen-bond donors (Lipinski definition) is 0. The van der Waals surface area contributed by atoms with Crippen molar-refractivity contribution in [1.82, 2.24) is 4.90 Å². The molecule has 2 bridgehead atoms. The van der Waals surface area contributed by atoms with Gasteiger partial charge in [0.15, 0.2) is 0 Å². The number of nitriles is 1. The first-order valence-corrected chi connectivity index (χ1v) is 12.6. The molecular weight excluding hydrogens is 451 g/mol. The van der Waals surface area contributed by atoms with Crippen molar-refractivity contribution in [2.75, 3.05) is 6.61 Å². The summed E-state index contributed by atoms with van der Waals surface area (Å²) < 4.78 is 20.5. The van der Waals surface area contributed by atoms with Gasteiger partial charge >= 0.3 is 6.09 Å². The summed E-state index contributed by atoms with van der Waals surface area (Å²) in [5.74, 6) is -0.314. The Morgan fingerprint density at radius 3 is 2.42 bits per heavy atom. The van der Waals surface area contributed by atoms with E-state index >= 15 is 0 Å². The van der Waals surface area contributed by atoms with Gasteiger partial charge in [0.1, 0.15) is 12.4 Å². The highest BCUT2D eigenvalue weighted by atomic mass is 19.1. The van der Waals surface area contributed by atoms with Crippen LogP contribution in [0.2, 0.25) is 0 Å². The van der Waals surface area contributed by atoms with Crippen LogP contribution in [-0.4, -0.2) is 29.7 Å². The molecule has 2 unspecified atom stereocenters. The topological polar surface area (TPSA) is 53.3 Å². The Hall–Kier alpha value is -3.91. The Bertz CT molecular complexity index is 1360. The number of carbonyl (C=O) groups excluding carboxylic acids is 1. The van der Waals surface area contributed by atoms with E-state index in [0.717, 1.165) is 30.4 Å². The molecule has 1 saturated heterocycles. The van der Waals surface area contributed by atoms with Gasteiger partial charge in [0.05, 0.1) is 18.5 Å². The van der Waals surface area contributed by atoms with E-state index in [4.69, 9.17) is 10.00 Å². The SMILES string of the molecule is N#CCc1ccc(C2=CC3CCCC(C2)N3C(=O)OCC2c3ccccc3-c3ccccc32)cc1F. The van der Waals surface area contributed by atoms with Crippen molar-refractivity contribution in [3.05, 3.63) is 101 Å². The third-order valence-corrected chi connectivity index (χ3v) is 7.88. The van der Waals surface area contributed by atoms with Crippen molar-refractivity contribution in [2.24, 2.45) is 0 Å². The van der Waals surface area contributed by atoms with Crippen LogP contribution in [0.25, 0.3) is 16.7 Å². The monoisotopic (exact) mass is 478 g/mol. The minimum atomic E-state index is -0.348. The van der Waals surface area contributed by atoms with Gasteiger partial charge in [-0.05, 0) is 65.1 Å². The zero-order chi connectivity index (χ0) is 24.6. The largest absolute Gasteiger partial charge is 0.448 e. The Labute approximate surface area is 210 Å². The minimum Gasteiger partial charge on any atom is -0.448 e. The van der Waals surface area contributed by atoms with Gasteiger partial charge in [-0.1, -0.05) is 66.7 Å². The van der Waals surface area contributed by atoms with Crippen LogP contribution >= 0.6 is 0 Å². The van der Waals surface area contributed by atoms with Crippen molar-refractivity contribution in [2.45, 2.75) is 50.1 Å². The van der Waals surface area contributed by atoms with E-state index in [0.29, 0.717) is 18.6 Å². The highest BCUT2D eigenvalue weighted by molar-refractivity contribution is 5.79. The zero-order valence-electron chi connectivity index (χ0n) is 20.0. The standard InChI is InChI=1S/C31H27FN2O2/c32-30-18-21(13-12-20(30)14-15-33)22-16-23-6-5-7-24(17-22)34(23)31(35)36-19-29-27-10-3-1-8-25(27)26-9-2-4-11-28(26)29/h1-4,8-13,16,18,23-24,29H,5-7,14,17,19H2. The van der Waals surface area contributed by atoms with Gasteiger partial charge in [-0.2, -0.15) is 5.26 Å². The summed E-state index contributed by atoms with van der Waals surface area (Å²) in [4.78, 5) is 15.3. The maximum atomic E-state index is 14.5. The summed E-state index contributed by atoms with van der Waals surface area (Å²) in [6.07, 6.45) is 5.42. The molecular formula is C31H27FN2O2. The van der Waals surface area contributed by atoms with E-state index < -0.39 is 0 Å². The maximum Gasteiger partial charge on any atom is 0.410 e. The summed E-state index contributed by atoms with van der Waals surface area (Å²) in [7, 11) is 0. The highest BCUT2D eigenvalue weighted by Crippen LogP contribution is 2.45. The van der Waals surface area contributed by atoms with Crippen molar-refractivity contribution in [3.8, 4) is 17.2 Å². The lowest BCUT2D eigenvalue weighted by molar-refractivity contribution is 0.0539. The number of piperidine rings is 1. The number of ether oxygens (including phenoxy) is 1. The molecule has 0 aromatic heterocycles. The summed E-state index contributed by atoms with van der Waals surface area (Å²) in [5, 5.41) is 8.88. The van der Waals surface area contributed by atoms with Crippen molar-refractivity contribution >= 4 is 11.7 Å². The molecule has 2 heterocycles. The van der Waals surface area contributed by atoms with E-state index in [1.807, 2.05) is 41.3 Å². The fourth-order valence-electron chi connectivity index (χ4n) is 6.17. The summed E-state index contributed by atoms with van der Waals surface area (Å²) in [5.41, 5.74) is 7.14. The van der Waals surface area contributed by atoms with E-state index in [1.165, 1.54) is 28.3 Å². The number of rotatable bonds is 4. The molecule has 0 spiro atoms. The average molecular weight is 479 g/mol. The molecule has 3 aliphatic rings. The molecule has 180 valence electrons. The van der Waals surface area contributed by atoms with Crippen LogP contribution in [0.1, 0.15) is 53.9 Å². The lowest BCUT2D eigenvalue weighted by Crippen LogP contribution is -2.51. The predicted octanol–water partition coefficient (Wildman–Crippen LogP) is 6.85. The maximum absolute atomic E-state index is 14.5. The summed E-state index contributed by atoms with van der Waals surface area (Å²) in [6.45, 7) is 0.310. The van der Waals surface area contributed by atoms with Gasteiger partial charge in [-0.3, -0.25) is 4.90 Å². The molecule has 36 heavy (non-hydrogen) atoms. The van der Waals surface area contributed by atoms with E-state index in [2.05, 4.69) is 30.3 Å². The Balaban J connectivity index is 1.21. The molecule has 0 radical (unpaired) electrons. The molecule has 2 atom stereocenters. The molecule has 1 aliphatic carbocycles. The van der Waals surface area contributed by atoms with Gasteiger partial charge in [0.25, 0.3) is 0 Å². The highest BCUT2D eigenvalue weighted by Gasteiger charge is 2.39. The first-order valence-electron chi connectivity index (χ1n) is 12.6. The average Bonchev–Trinajstić information content (AvgIpc) is 3.21. The molecule has 4 nitrogen and oxygen atoms in total. The van der Waals surface area contributed by atoms with Crippen molar-refractivity contribution in [3.63, 3.8) is 0 Å². The summed E-state index contributed by atoms with van der Waals surface area (Å²) in [6, 6.07) is 23.8. The van der Waals surface area contributed by atoms with Crippen molar-refractivity contribution < 1.29 is 13.9 Å².